The number of aromatic nitrogens is 2. The van der Waals surface area contributed by atoms with E-state index in [1.165, 1.54) is 12.3 Å². The third-order valence-electron chi connectivity index (χ3n) is 2.97. The van der Waals surface area contributed by atoms with Crippen LogP contribution in [0.5, 0.6) is 0 Å². The molecule has 2 rings (SSSR count). The summed E-state index contributed by atoms with van der Waals surface area (Å²) in [5, 5.41) is 0. The molecule has 4 atom stereocenters. The number of phosphoric acid groups is 1. The topological polar surface area (TPSA) is 183 Å². The zero-order chi connectivity index (χ0) is 17.2. The van der Waals surface area contributed by atoms with Crippen LogP contribution >= 0.6 is 16.1 Å². The molecule has 1 aromatic heterocycles. The Morgan fingerprint density at radius 1 is 1.57 bits per heavy atom. The zero-order valence-electron chi connectivity index (χ0n) is 11.5. The number of phosphoric ester groups is 1. The molecule has 5 N–H and O–H groups in total. The van der Waals surface area contributed by atoms with E-state index in [-0.39, 0.29) is 12.2 Å². The molecule has 23 heavy (non-hydrogen) atoms. The van der Waals surface area contributed by atoms with Crippen molar-refractivity contribution in [2.24, 2.45) is 0 Å². The molecule has 0 aromatic carbocycles. The molecule has 14 heteroatoms. The molecule has 0 saturated carbocycles. The summed E-state index contributed by atoms with van der Waals surface area (Å²) in [6.45, 7) is -0.591. The fourth-order valence-electron chi connectivity index (χ4n) is 2.06. The second-order valence-corrected chi connectivity index (χ2v) is 6.50. The quantitative estimate of drug-likeness (QED) is 0.462. The highest BCUT2D eigenvalue weighted by molar-refractivity contribution is 7.46. The SMILES string of the molecule is Nc1ccn([C@H]2C[C@H](O[P+](=O)O)[C@@H](COP(=O)(O)O)O2)c(=O)n1. The van der Waals surface area contributed by atoms with Gasteiger partial charge in [0.05, 0.1) is 6.61 Å². The summed E-state index contributed by atoms with van der Waals surface area (Å²) in [5.74, 6) is 0.0110. The van der Waals surface area contributed by atoms with E-state index in [2.05, 4.69) is 9.51 Å². The maximum atomic E-state index is 11.8. The Labute approximate surface area is 130 Å². The monoisotopic (exact) mass is 370 g/mol. The van der Waals surface area contributed by atoms with E-state index in [0.29, 0.717) is 0 Å². The van der Waals surface area contributed by atoms with Gasteiger partial charge in [0.1, 0.15) is 24.3 Å². The summed E-state index contributed by atoms with van der Waals surface area (Å²) in [5.41, 5.74) is 4.66. The fraction of sp³-hybridized carbons (Fsp3) is 0.556. The largest absolute Gasteiger partial charge is 0.695 e. The van der Waals surface area contributed by atoms with E-state index in [4.69, 9.17) is 29.7 Å². The molecular formula is C9H14N3O9P2+. The minimum Gasteiger partial charge on any atom is -0.383 e. The van der Waals surface area contributed by atoms with Crippen molar-refractivity contribution < 1.29 is 37.6 Å². The third-order valence-corrected chi connectivity index (χ3v) is 3.91. The van der Waals surface area contributed by atoms with Gasteiger partial charge in [-0.1, -0.05) is 0 Å². The van der Waals surface area contributed by atoms with Gasteiger partial charge in [0.25, 0.3) is 0 Å². The number of nitrogen functional groups attached to an aromatic ring is 1. The Kier molecular flexibility index (Phi) is 5.61. The Bertz CT molecular complexity index is 689. The first-order chi connectivity index (χ1) is 10.7. The highest BCUT2D eigenvalue weighted by Crippen LogP contribution is 2.40. The van der Waals surface area contributed by atoms with Crippen LogP contribution in [0.15, 0.2) is 17.1 Å². The van der Waals surface area contributed by atoms with Crippen LogP contribution in [-0.4, -0.2) is 43.0 Å². The van der Waals surface area contributed by atoms with Crippen molar-refractivity contribution in [3.8, 4) is 0 Å². The maximum absolute atomic E-state index is 11.8. The predicted octanol–water partition coefficient (Wildman–Crippen LogP) is -0.743. The van der Waals surface area contributed by atoms with E-state index >= 15 is 0 Å². The predicted molar refractivity (Wildman–Crippen MR) is 74.1 cm³/mol. The van der Waals surface area contributed by atoms with Gasteiger partial charge in [0, 0.05) is 17.2 Å². The Balaban J connectivity index is 2.16. The van der Waals surface area contributed by atoms with Crippen LogP contribution in [0.1, 0.15) is 12.6 Å². The molecule has 1 aromatic rings. The standard InChI is InChI=1S/C9H13N3O9P2/c10-7-1-2-12(9(13)11-7)8-3-5(21-22(14)15)6(20-8)4-19-23(16,17)18/h1-2,5-6,8H,3-4H2,(H4-,10,11,13,14,15,16,17,18)/p+1/t5-,6+,8+/m0/s1. The normalized spacial score (nSPS) is 25.5. The lowest BCUT2D eigenvalue weighted by molar-refractivity contribution is -0.0415. The number of ether oxygens (including phenoxy) is 1. The first-order valence-electron chi connectivity index (χ1n) is 6.19. The van der Waals surface area contributed by atoms with E-state index in [0.717, 1.165) is 4.57 Å². The molecule has 0 amide bonds. The van der Waals surface area contributed by atoms with Gasteiger partial charge in [-0.05, 0) is 6.07 Å². The molecule has 128 valence electrons. The molecule has 1 saturated heterocycles. The van der Waals surface area contributed by atoms with Crippen molar-refractivity contribution in [2.75, 3.05) is 12.3 Å². The minimum absolute atomic E-state index is 0.0110. The smallest absolute Gasteiger partial charge is 0.383 e. The molecule has 12 nitrogen and oxygen atoms in total. The summed E-state index contributed by atoms with van der Waals surface area (Å²) in [7, 11) is -7.74. The molecule has 1 fully saturated rings. The van der Waals surface area contributed by atoms with Crippen LogP contribution < -0.4 is 11.4 Å². The summed E-state index contributed by atoms with van der Waals surface area (Å²) in [6.07, 6.45) is -1.70. The number of rotatable bonds is 6. The molecule has 2 heterocycles. The second-order valence-electron chi connectivity index (χ2n) is 4.58. The van der Waals surface area contributed by atoms with E-state index in [9.17, 15) is 13.9 Å². The number of hydrogen-bond acceptors (Lipinski definition) is 8. The van der Waals surface area contributed by atoms with Gasteiger partial charge in [-0.2, -0.15) is 4.98 Å². The Morgan fingerprint density at radius 2 is 2.26 bits per heavy atom. The highest BCUT2D eigenvalue weighted by Gasteiger charge is 2.43. The Morgan fingerprint density at radius 3 is 2.83 bits per heavy atom. The van der Waals surface area contributed by atoms with Crippen molar-refractivity contribution in [2.45, 2.75) is 24.9 Å². The van der Waals surface area contributed by atoms with E-state index in [1.54, 1.807) is 0 Å². The zero-order valence-corrected chi connectivity index (χ0v) is 13.2. The van der Waals surface area contributed by atoms with Crippen molar-refractivity contribution in [1.82, 2.24) is 9.55 Å². The van der Waals surface area contributed by atoms with Crippen LogP contribution in [0.4, 0.5) is 5.82 Å². The molecule has 0 bridgehead atoms. The summed E-state index contributed by atoms with van der Waals surface area (Å²) in [4.78, 5) is 41.6. The summed E-state index contributed by atoms with van der Waals surface area (Å²) >= 11 is 0. The second kappa shape index (κ2) is 7.12. The van der Waals surface area contributed by atoms with Crippen LogP contribution in [-0.2, 0) is 22.9 Å². The number of nitrogens with zero attached hydrogens (tertiary/aromatic N) is 2. The van der Waals surface area contributed by atoms with Crippen molar-refractivity contribution >= 4 is 21.9 Å². The van der Waals surface area contributed by atoms with Gasteiger partial charge < -0.3 is 20.3 Å². The maximum Gasteiger partial charge on any atom is 0.695 e. The fourth-order valence-corrected chi connectivity index (χ4v) is 2.86. The number of hydrogen-bond donors (Lipinski definition) is 4. The first kappa shape index (κ1) is 18.1. The van der Waals surface area contributed by atoms with Crippen molar-refractivity contribution in [3.63, 3.8) is 0 Å². The average molecular weight is 370 g/mol. The van der Waals surface area contributed by atoms with E-state index < -0.39 is 46.8 Å². The molecule has 1 unspecified atom stereocenters. The van der Waals surface area contributed by atoms with Gasteiger partial charge in [-0.15, -0.1) is 9.42 Å². The van der Waals surface area contributed by atoms with Gasteiger partial charge in [-0.3, -0.25) is 9.09 Å². The molecule has 0 aliphatic carbocycles. The average Bonchev–Trinajstić information content (AvgIpc) is 2.77. The first-order valence-corrected chi connectivity index (χ1v) is 8.85. The molecular weight excluding hydrogens is 356 g/mol. The Hall–Kier alpha value is -1.23. The summed E-state index contributed by atoms with van der Waals surface area (Å²) < 4.78 is 37.2. The van der Waals surface area contributed by atoms with Crippen molar-refractivity contribution in [1.29, 1.82) is 0 Å². The van der Waals surface area contributed by atoms with Crippen LogP contribution in [0.25, 0.3) is 0 Å². The lowest BCUT2D eigenvalue weighted by Crippen LogP contribution is -2.28. The van der Waals surface area contributed by atoms with Gasteiger partial charge >= 0.3 is 21.8 Å². The summed E-state index contributed by atoms with van der Waals surface area (Å²) in [6, 6.07) is 1.35. The van der Waals surface area contributed by atoms with Gasteiger partial charge in [-0.25, -0.2) is 9.36 Å². The van der Waals surface area contributed by atoms with Crippen LogP contribution in [0, 0.1) is 0 Å². The van der Waals surface area contributed by atoms with Crippen LogP contribution in [0.3, 0.4) is 0 Å². The molecule has 1 aliphatic heterocycles. The lowest BCUT2D eigenvalue weighted by Gasteiger charge is -2.16. The molecule has 0 spiro atoms. The third kappa shape index (κ3) is 5.13. The molecule has 1 aliphatic rings. The van der Waals surface area contributed by atoms with Gasteiger partial charge in [0.2, 0.25) is 0 Å². The lowest BCUT2D eigenvalue weighted by atomic mass is 10.2. The highest BCUT2D eigenvalue weighted by atomic mass is 31.2. The number of nitrogens with two attached hydrogens (primary N) is 1. The van der Waals surface area contributed by atoms with E-state index in [1.807, 2.05) is 0 Å². The number of anilines is 1. The van der Waals surface area contributed by atoms with Crippen molar-refractivity contribution in [3.05, 3.63) is 22.7 Å². The van der Waals surface area contributed by atoms with Gasteiger partial charge in [0.15, 0.2) is 0 Å². The van der Waals surface area contributed by atoms with Crippen LogP contribution in [0.2, 0.25) is 0 Å². The minimum atomic E-state index is -4.75. The molecule has 0 radical (unpaired) electrons.